The van der Waals surface area contributed by atoms with Gasteiger partial charge in [0.25, 0.3) is 0 Å². The van der Waals surface area contributed by atoms with E-state index in [1.165, 1.54) is 16.7 Å². The molecule has 0 radical (unpaired) electrons. The summed E-state index contributed by atoms with van der Waals surface area (Å²) >= 11 is 1.35. The molecule has 3 aromatic rings. The molecule has 0 saturated heterocycles. The van der Waals surface area contributed by atoms with Crippen LogP contribution in [-0.2, 0) is 16.0 Å². The number of anilines is 1. The SMILES string of the molecule is CCc1ccccc1NC(=O)CN(C)C(=O)[C@H](C)Sc1nc2ccccc2[nH]1. The summed E-state index contributed by atoms with van der Waals surface area (Å²) in [7, 11) is 1.64. The van der Waals surface area contributed by atoms with Crippen LogP contribution in [0.2, 0.25) is 0 Å². The van der Waals surface area contributed by atoms with Gasteiger partial charge < -0.3 is 15.2 Å². The number of likely N-dealkylation sites (N-methyl/N-ethyl adjacent to an activating group) is 1. The van der Waals surface area contributed by atoms with E-state index < -0.39 is 0 Å². The minimum absolute atomic E-state index is 0.00190. The molecule has 1 aromatic heterocycles. The van der Waals surface area contributed by atoms with E-state index in [0.717, 1.165) is 28.7 Å². The molecule has 2 amide bonds. The molecule has 3 rings (SSSR count). The summed E-state index contributed by atoms with van der Waals surface area (Å²) in [5.41, 5.74) is 3.66. The van der Waals surface area contributed by atoms with Crippen molar-refractivity contribution in [2.24, 2.45) is 0 Å². The Kier molecular flexibility index (Phi) is 6.36. The van der Waals surface area contributed by atoms with Crippen LogP contribution in [0.3, 0.4) is 0 Å². The lowest BCUT2D eigenvalue weighted by Crippen LogP contribution is -2.39. The Balaban J connectivity index is 1.57. The van der Waals surface area contributed by atoms with Crippen molar-refractivity contribution < 1.29 is 9.59 Å². The number of rotatable bonds is 7. The van der Waals surface area contributed by atoms with Crippen molar-refractivity contribution in [3.8, 4) is 0 Å². The second-order valence-electron chi connectivity index (χ2n) is 6.57. The Bertz CT molecular complexity index is 952. The molecule has 6 nitrogen and oxygen atoms in total. The third kappa shape index (κ3) is 4.72. The number of thioether (sulfide) groups is 1. The molecule has 0 saturated carbocycles. The van der Waals surface area contributed by atoms with E-state index in [-0.39, 0.29) is 23.6 Å². The maximum absolute atomic E-state index is 12.7. The molecular formula is C21H24N4O2S. The van der Waals surface area contributed by atoms with Crippen molar-refractivity contribution in [3.05, 3.63) is 54.1 Å². The summed E-state index contributed by atoms with van der Waals surface area (Å²) in [6, 6.07) is 15.4. The highest BCUT2D eigenvalue weighted by Gasteiger charge is 2.22. The Morgan fingerprint density at radius 1 is 1.18 bits per heavy atom. The number of hydrogen-bond donors (Lipinski definition) is 2. The lowest BCUT2D eigenvalue weighted by molar-refractivity contribution is -0.132. The molecular weight excluding hydrogens is 372 g/mol. The highest BCUT2D eigenvalue weighted by Crippen LogP contribution is 2.24. The van der Waals surface area contributed by atoms with Gasteiger partial charge >= 0.3 is 0 Å². The number of carbonyl (C=O) groups is 2. The van der Waals surface area contributed by atoms with Gasteiger partial charge in [0.05, 0.1) is 22.8 Å². The van der Waals surface area contributed by atoms with E-state index >= 15 is 0 Å². The van der Waals surface area contributed by atoms with E-state index in [9.17, 15) is 9.59 Å². The molecule has 7 heteroatoms. The average molecular weight is 397 g/mol. The maximum Gasteiger partial charge on any atom is 0.243 e. The van der Waals surface area contributed by atoms with Gasteiger partial charge in [0.2, 0.25) is 11.8 Å². The van der Waals surface area contributed by atoms with Gasteiger partial charge in [0.1, 0.15) is 0 Å². The molecule has 28 heavy (non-hydrogen) atoms. The summed E-state index contributed by atoms with van der Waals surface area (Å²) < 4.78 is 0. The molecule has 0 unspecified atom stereocenters. The molecule has 0 spiro atoms. The Morgan fingerprint density at radius 2 is 1.89 bits per heavy atom. The van der Waals surface area contributed by atoms with E-state index in [2.05, 4.69) is 15.3 Å². The van der Waals surface area contributed by atoms with E-state index in [0.29, 0.717) is 5.16 Å². The average Bonchev–Trinajstić information content (AvgIpc) is 3.09. The first-order valence-corrected chi connectivity index (χ1v) is 10.1. The van der Waals surface area contributed by atoms with Gasteiger partial charge in [-0.1, -0.05) is 49.0 Å². The summed E-state index contributed by atoms with van der Waals surface area (Å²) in [5, 5.41) is 3.23. The number of hydrogen-bond acceptors (Lipinski definition) is 4. The fraction of sp³-hybridized carbons (Fsp3) is 0.286. The van der Waals surface area contributed by atoms with Crippen LogP contribution < -0.4 is 5.32 Å². The van der Waals surface area contributed by atoms with Gasteiger partial charge in [-0.05, 0) is 37.1 Å². The number of fused-ring (bicyclic) bond motifs is 1. The first-order chi connectivity index (χ1) is 13.5. The van der Waals surface area contributed by atoms with Crippen LogP contribution >= 0.6 is 11.8 Å². The van der Waals surface area contributed by atoms with Crippen LogP contribution in [0, 0.1) is 0 Å². The fourth-order valence-corrected chi connectivity index (χ4v) is 3.88. The van der Waals surface area contributed by atoms with E-state index in [1.807, 2.05) is 62.4 Å². The van der Waals surface area contributed by atoms with Crippen LogP contribution in [0.15, 0.2) is 53.7 Å². The van der Waals surface area contributed by atoms with Crippen LogP contribution in [0.5, 0.6) is 0 Å². The zero-order valence-electron chi connectivity index (χ0n) is 16.2. The number of nitrogens with one attached hydrogen (secondary N) is 2. The topological polar surface area (TPSA) is 78.1 Å². The van der Waals surface area contributed by atoms with Gasteiger partial charge in [0, 0.05) is 12.7 Å². The molecule has 0 bridgehead atoms. The van der Waals surface area contributed by atoms with Crippen molar-refractivity contribution >= 4 is 40.3 Å². The molecule has 0 aliphatic carbocycles. The van der Waals surface area contributed by atoms with E-state index in [4.69, 9.17) is 0 Å². The zero-order chi connectivity index (χ0) is 20.1. The number of carbonyl (C=O) groups excluding carboxylic acids is 2. The highest BCUT2D eigenvalue weighted by molar-refractivity contribution is 8.00. The summed E-state index contributed by atoms with van der Waals surface area (Å²) in [5.74, 6) is -0.331. The fourth-order valence-electron chi connectivity index (χ4n) is 2.95. The predicted molar refractivity (Wildman–Crippen MR) is 113 cm³/mol. The van der Waals surface area contributed by atoms with Crippen LogP contribution in [-0.4, -0.2) is 45.5 Å². The number of amides is 2. The number of H-pyrrole nitrogens is 1. The smallest absolute Gasteiger partial charge is 0.243 e. The van der Waals surface area contributed by atoms with Gasteiger partial charge in [0.15, 0.2) is 5.16 Å². The number of aromatic nitrogens is 2. The monoisotopic (exact) mass is 396 g/mol. The molecule has 2 N–H and O–H groups in total. The first kappa shape index (κ1) is 19.9. The minimum atomic E-state index is -0.360. The standard InChI is InChI=1S/C21H24N4O2S/c1-4-15-9-5-6-10-16(15)22-19(26)13-25(3)20(27)14(2)28-21-23-17-11-7-8-12-18(17)24-21/h5-12,14H,4,13H2,1-3H3,(H,22,26)(H,23,24)/t14-/m0/s1. The first-order valence-electron chi connectivity index (χ1n) is 9.22. The minimum Gasteiger partial charge on any atom is -0.335 e. The quantitative estimate of drug-likeness (QED) is 0.597. The Hall–Kier alpha value is -2.80. The van der Waals surface area contributed by atoms with Crippen LogP contribution in [0.1, 0.15) is 19.4 Å². The Morgan fingerprint density at radius 3 is 2.64 bits per heavy atom. The number of benzene rings is 2. The van der Waals surface area contributed by atoms with Gasteiger partial charge in [-0.2, -0.15) is 0 Å². The normalized spacial score (nSPS) is 12.0. The lowest BCUT2D eigenvalue weighted by atomic mass is 10.1. The number of nitrogens with zero attached hydrogens (tertiary/aromatic N) is 2. The van der Waals surface area contributed by atoms with Crippen molar-refractivity contribution in [2.45, 2.75) is 30.7 Å². The van der Waals surface area contributed by atoms with Crippen molar-refractivity contribution in [3.63, 3.8) is 0 Å². The van der Waals surface area contributed by atoms with Crippen molar-refractivity contribution in [2.75, 3.05) is 18.9 Å². The second-order valence-corrected chi connectivity index (χ2v) is 7.90. The van der Waals surface area contributed by atoms with Crippen LogP contribution in [0.25, 0.3) is 11.0 Å². The summed E-state index contributed by atoms with van der Waals surface area (Å²) in [6.07, 6.45) is 0.830. The third-order valence-electron chi connectivity index (χ3n) is 4.43. The zero-order valence-corrected chi connectivity index (χ0v) is 17.0. The summed E-state index contributed by atoms with van der Waals surface area (Å²) in [6.45, 7) is 3.86. The van der Waals surface area contributed by atoms with Gasteiger partial charge in [-0.15, -0.1) is 0 Å². The Labute approximate surface area is 168 Å². The molecule has 0 aliphatic heterocycles. The molecule has 1 atom stereocenters. The third-order valence-corrected chi connectivity index (χ3v) is 5.40. The number of aryl methyl sites for hydroxylation is 1. The lowest BCUT2D eigenvalue weighted by Gasteiger charge is -2.20. The number of para-hydroxylation sites is 3. The maximum atomic E-state index is 12.7. The number of aromatic amines is 1. The predicted octanol–water partition coefficient (Wildman–Crippen LogP) is 3.70. The largest absolute Gasteiger partial charge is 0.335 e. The van der Waals surface area contributed by atoms with Crippen LogP contribution in [0.4, 0.5) is 5.69 Å². The second kappa shape index (κ2) is 8.93. The van der Waals surface area contributed by atoms with Gasteiger partial charge in [-0.25, -0.2) is 4.98 Å². The van der Waals surface area contributed by atoms with Gasteiger partial charge in [-0.3, -0.25) is 9.59 Å². The summed E-state index contributed by atoms with van der Waals surface area (Å²) in [4.78, 5) is 34.2. The molecule has 2 aromatic carbocycles. The van der Waals surface area contributed by atoms with Crippen molar-refractivity contribution in [1.82, 2.24) is 14.9 Å². The molecule has 0 fully saturated rings. The highest BCUT2D eigenvalue weighted by atomic mass is 32.2. The molecule has 0 aliphatic rings. The number of imidazole rings is 1. The van der Waals surface area contributed by atoms with Crippen molar-refractivity contribution in [1.29, 1.82) is 0 Å². The molecule has 146 valence electrons. The van der Waals surface area contributed by atoms with E-state index in [1.54, 1.807) is 7.05 Å². The molecule has 1 heterocycles.